The summed E-state index contributed by atoms with van der Waals surface area (Å²) in [5.41, 5.74) is 2.23. The van der Waals surface area contributed by atoms with E-state index in [9.17, 15) is 19.2 Å². The molecule has 2 heterocycles. The summed E-state index contributed by atoms with van der Waals surface area (Å²) in [6, 6.07) is -0.324. The highest BCUT2D eigenvalue weighted by molar-refractivity contribution is 6.04. The largest absolute Gasteiger partial charge is 0.455 e. The van der Waals surface area contributed by atoms with Gasteiger partial charge in [0.1, 0.15) is 11.5 Å². The van der Waals surface area contributed by atoms with Crippen LogP contribution in [-0.4, -0.2) is 36.0 Å². The normalized spacial score (nSPS) is 16.2. The number of carbonyl (C=O) groups excluding carboxylic acids is 4. The summed E-state index contributed by atoms with van der Waals surface area (Å²) in [5, 5.41) is 5.77. The van der Waals surface area contributed by atoms with Crippen molar-refractivity contribution < 1.29 is 28.0 Å². The van der Waals surface area contributed by atoms with E-state index in [0.29, 0.717) is 65.9 Å². The number of hydrogen-bond acceptors (Lipinski definition) is 6. The number of fused-ring (bicyclic) bond motifs is 2. The maximum absolute atomic E-state index is 12.9. The lowest BCUT2D eigenvalue weighted by Gasteiger charge is -2.18. The van der Waals surface area contributed by atoms with Crippen molar-refractivity contribution in [3.05, 3.63) is 45.3 Å². The second-order valence-electron chi connectivity index (χ2n) is 8.93. The molecule has 4 rings (SSSR count). The zero-order chi connectivity index (χ0) is 23.7. The number of hydrogen-bond donors (Lipinski definition) is 2. The predicted octanol–water partition coefficient (Wildman–Crippen LogP) is 3.86. The highest BCUT2D eigenvalue weighted by Crippen LogP contribution is 2.30. The number of rotatable bonds is 7. The number of Topliss-reactive ketones (excluding diaryl/α,β-unsaturated/α-hetero) is 2. The smallest absolute Gasteiger partial charge is 0.287 e. The van der Waals surface area contributed by atoms with Crippen molar-refractivity contribution >= 4 is 23.4 Å². The van der Waals surface area contributed by atoms with Gasteiger partial charge in [0.15, 0.2) is 23.1 Å². The minimum Gasteiger partial charge on any atom is -0.455 e. The Labute approximate surface area is 192 Å². The standard InChI is InChI=1S/C25H30N2O6/c1-4-7-15(27-25(31)23-14(3)21-17(29)9-6-11-19(21)33-23)12-26-24(30)22-13(2)20-16(28)8-5-10-18(20)32-22/h15H,4-12H2,1-3H3,(H,26,30)(H,27,31). The topological polar surface area (TPSA) is 119 Å². The molecule has 0 spiro atoms. The van der Waals surface area contributed by atoms with Crippen molar-refractivity contribution in [3.8, 4) is 0 Å². The first kappa shape index (κ1) is 23.0. The number of aryl methyl sites for hydroxylation is 2. The Kier molecular flexibility index (Phi) is 6.54. The van der Waals surface area contributed by atoms with Gasteiger partial charge in [-0.3, -0.25) is 19.2 Å². The van der Waals surface area contributed by atoms with Crippen molar-refractivity contribution in [2.75, 3.05) is 6.54 Å². The average molecular weight is 455 g/mol. The average Bonchev–Trinajstić information content (AvgIpc) is 3.31. The van der Waals surface area contributed by atoms with E-state index < -0.39 is 11.8 Å². The Balaban J connectivity index is 1.44. The molecule has 33 heavy (non-hydrogen) atoms. The number of furan rings is 2. The van der Waals surface area contributed by atoms with Crippen LogP contribution >= 0.6 is 0 Å². The van der Waals surface area contributed by atoms with E-state index in [1.165, 1.54) is 0 Å². The number of amides is 2. The maximum atomic E-state index is 12.9. The fraction of sp³-hybridized carbons (Fsp3) is 0.520. The molecular weight excluding hydrogens is 424 g/mol. The summed E-state index contributed by atoms with van der Waals surface area (Å²) in [6.45, 7) is 5.66. The number of nitrogens with one attached hydrogen (secondary N) is 2. The van der Waals surface area contributed by atoms with E-state index in [1.807, 2.05) is 6.92 Å². The van der Waals surface area contributed by atoms with Crippen LogP contribution in [-0.2, 0) is 12.8 Å². The van der Waals surface area contributed by atoms with Crippen LogP contribution < -0.4 is 10.6 Å². The Morgan fingerprint density at radius 1 is 0.848 bits per heavy atom. The molecule has 176 valence electrons. The minimum absolute atomic E-state index is 0.0164. The molecule has 0 radical (unpaired) electrons. The lowest BCUT2D eigenvalue weighted by atomic mass is 9.94. The second-order valence-corrected chi connectivity index (χ2v) is 8.93. The highest BCUT2D eigenvalue weighted by atomic mass is 16.4. The third kappa shape index (κ3) is 4.38. The van der Waals surface area contributed by atoms with Gasteiger partial charge in [-0.05, 0) is 33.1 Å². The molecule has 1 unspecified atom stereocenters. The molecule has 2 aromatic heterocycles. The SMILES string of the molecule is CCCC(CNC(=O)c1oc2c(c1C)C(=O)CCC2)NC(=O)c1oc2c(c1C)C(=O)CCC2. The molecule has 0 saturated heterocycles. The molecule has 0 aliphatic heterocycles. The molecule has 8 nitrogen and oxygen atoms in total. The van der Waals surface area contributed by atoms with Crippen LogP contribution in [0.25, 0.3) is 0 Å². The van der Waals surface area contributed by atoms with Crippen molar-refractivity contribution in [1.29, 1.82) is 0 Å². The first-order chi connectivity index (χ1) is 15.8. The molecule has 8 heteroatoms. The molecule has 2 aliphatic rings. The van der Waals surface area contributed by atoms with Crippen LogP contribution in [0.3, 0.4) is 0 Å². The highest BCUT2D eigenvalue weighted by Gasteiger charge is 2.31. The van der Waals surface area contributed by atoms with E-state index in [1.54, 1.807) is 13.8 Å². The third-order valence-corrected chi connectivity index (χ3v) is 6.51. The molecule has 0 saturated carbocycles. The van der Waals surface area contributed by atoms with E-state index in [-0.39, 0.29) is 35.7 Å². The van der Waals surface area contributed by atoms with E-state index in [0.717, 1.165) is 19.3 Å². The zero-order valence-electron chi connectivity index (χ0n) is 19.4. The van der Waals surface area contributed by atoms with Crippen LogP contribution in [0.5, 0.6) is 0 Å². The lowest BCUT2D eigenvalue weighted by Crippen LogP contribution is -2.43. The molecule has 0 fully saturated rings. The summed E-state index contributed by atoms with van der Waals surface area (Å²) in [7, 11) is 0. The van der Waals surface area contributed by atoms with Gasteiger partial charge in [-0.25, -0.2) is 0 Å². The number of ketones is 2. The van der Waals surface area contributed by atoms with Crippen LogP contribution in [0.15, 0.2) is 8.83 Å². The van der Waals surface area contributed by atoms with Gasteiger partial charge in [-0.2, -0.15) is 0 Å². The Morgan fingerprint density at radius 2 is 1.36 bits per heavy atom. The van der Waals surface area contributed by atoms with Crippen molar-refractivity contribution in [2.24, 2.45) is 0 Å². The number of carbonyl (C=O) groups is 4. The summed E-state index contributed by atoms with van der Waals surface area (Å²) in [5.74, 6) is 0.727. The fourth-order valence-electron chi connectivity index (χ4n) is 4.85. The molecule has 1 atom stereocenters. The lowest BCUT2D eigenvalue weighted by molar-refractivity contribution is 0.0875. The zero-order valence-corrected chi connectivity index (χ0v) is 19.4. The van der Waals surface area contributed by atoms with Gasteiger partial charge in [0.05, 0.1) is 11.1 Å². The van der Waals surface area contributed by atoms with Crippen molar-refractivity contribution in [2.45, 2.75) is 78.2 Å². The van der Waals surface area contributed by atoms with Gasteiger partial charge in [0.25, 0.3) is 11.8 Å². The summed E-state index contributed by atoms with van der Waals surface area (Å²) in [4.78, 5) is 50.2. The Bertz CT molecular complexity index is 1120. The van der Waals surface area contributed by atoms with Crippen LogP contribution in [0.4, 0.5) is 0 Å². The molecule has 2 aliphatic carbocycles. The van der Waals surface area contributed by atoms with Gasteiger partial charge in [0.2, 0.25) is 0 Å². The third-order valence-electron chi connectivity index (χ3n) is 6.51. The Morgan fingerprint density at radius 3 is 1.85 bits per heavy atom. The minimum atomic E-state index is -0.403. The maximum Gasteiger partial charge on any atom is 0.287 e. The molecule has 0 aromatic carbocycles. The quantitative estimate of drug-likeness (QED) is 0.656. The van der Waals surface area contributed by atoms with Crippen LogP contribution in [0, 0.1) is 13.8 Å². The summed E-state index contributed by atoms with van der Waals surface area (Å²) >= 11 is 0. The monoisotopic (exact) mass is 454 g/mol. The van der Waals surface area contributed by atoms with E-state index in [2.05, 4.69) is 10.6 Å². The molecule has 2 N–H and O–H groups in total. The van der Waals surface area contributed by atoms with Crippen LogP contribution in [0.2, 0.25) is 0 Å². The first-order valence-corrected chi connectivity index (χ1v) is 11.7. The van der Waals surface area contributed by atoms with Gasteiger partial charge in [0, 0.05) is 49.4 Å². The van der Waals surface area contributed by atoms with Gasteiger partial charge < -0.3 is 19.5 Å². The van der Waals surface area contributed by atoms with Gasteiger partial charge in [-0.1, -0.05) is 13.3 Å². The van der Waals surface area contributed by atoms with E-state index >= 15 is 0 Å². The molecule has 2 aromatic rings. The summed E-state index contributed by atoms with van der Waals surface area (Å²) in [6.07, 6.45) is 5.15. The second kappa shape index (κ2) is 9.37. The molecule has 2 amide bonds. The Hall–Kier alpha value is -3.16. The van der Waals surface area contributed by atoms with E-state index in [4.69, 9.17) is 8.83 Å². The first-order valence-electron chi connectivity index (χ1n) is 11.7. The molecular formula is C25H30N2O6. The van der Waals surface area contributed by atoms with Crippen molar-refractivity contribution in [3.63, 3.8) is 0 Å². The fourth-order valence-corrected chi connectivity index (χ4v) is 4.85. The summed E-state index contributed by atoms with van der Waals surface area (Å²) < 4.78 is 11.5. The molecule has 0 bridgehead atoms. The van der Waals surface area contributed by atoms with Crippen molar-refractivity contribution in [1.82, 2.24) is 10.6 Å². The van der Waals surface area contributed by atoms with Gasteiger partial charge >= 0.3 is 0 Å². The van der Waals surface area contributed by atoms with Gasteiger partial charge in [-0.15, -0.1) is 0 Å². The predicted molar refractivity (Wildman–Crippen MR) is 120 cm³/mol. The van der Waals surface area contributed by atoms with Crippen LogP contribution in [0.1, 0.15) is 110 Å².